The lowest BCUT2D eigenvalue weighted by Crippen LogP contribution is -2.03. The predicted octanol–water partition coefficient (Wildman–Crippen LogP) is 1.58. The van der Waals surface area contributed by atoms with Crippen LogP contribution in [0.25, 0.3) is 0 Å². The second-order valence-electron chi connectivity index (χ2n) is 2.30. The van der Waals surface area contributed by atoms with E-state index in [0.29, 0.717) is 0 Å². The Kier molecular flexibility index (Phi) is 2.78. The maximum Gasteiger partial charge on any atom is 0.120 e. The van der Waals surface area contributed by atoms with E-state index in [2.05, 4.69) is 17.5 Å². The van der Waals surface area contributed by atoms with Gasteiger partial charge in [-0.15, -0.1) is 0 Å². The molecule has 1 aliphatic carbocycles. The SMILES string of the molecule is CNC1=CCC=CC(OC)=C1. The molecule has 0 amide bonds. The fraction of sp³-hybridized carbons (Fsp3) is 0.333. The van der Waals surface area contributed by atoms with Crippen LogP contribution >= 0.6 is 0 Å². The van der Waals surface area contributed by atoms with Crippen molar-refractivity contribution in [2.75, 3.05) is 14.2 Å². The van der Waals surface area contributed by atoms with Gasteiger partial charge in [0.2, 0.25) is 0 Å². The minimum atomic E-state index is 0.892. The second kappa shape index (κ2) is 3.86. The summed E-state index contributed by atoms with van der Waals surface area (Å²) in [5.41, 5.74) is 1.10. The Hall–Kier alpha value is -1.18. The number of hydrogen-bond acceptors (Lipinski definition) is 2. The van der Waals surface area contributed by atoms with Crippen LogP contribution < -0.4 is 5.32 Å². The number of hydrogen-bond donors (Lipinski definition) is 1. The zero-order valence-electron chi connectivity index (χ0n) is 6.92. The highest BCUT2D eigenvalue weighted by molar-refractivity contribution is 5.28. The molecule has 0 heterocycles. The standard InChI is InChI=1S/C9H13NO/c1-10-8-5-3-4-6-9(7-8)11-2/h4-7,10H,3H2,1-2H3. The van der Waals surface area contributed by atoms with Crippen molar-refractivity contribution in [3.63, 3.8) is 0 Å². The number of nitrogens with one attached hydrogen (secondary N) is 1. The van der Waals surface area contributed by atoms with Crippen LogP contribution in [-0.2, 0) is 4.74 Å². The lowest BCUT2D eigenvalue weighted by atomic mass is 10.3. The van der Waals surface area contributed by atoms with Crippen LogP contribution in [0.15, 0.2) is 35.8 Å². The molecule has 0 radical (unpaired) electrons. The van der Waals surface area contributed by atoms with E-state index in [1.165, 1.54) is 0 Å². The van der Waals surface area contributed by atoms with E-state index >= 15 is 0 Å². The molecule has 0 aromatic heterocycles. The first-order valence-corrected chi connectivity index (χ1v) is 3.67. The summed E-state index contributed by atoms with van der Waals surface area (Å²) in [6.45, 7) is 0. The molecule has 0 spiro atoms. The maximum atomic E-state index is 5.10. The van der Waals surface area contributed by atoms with Crippen molar-refractivity contribution in [1.29, 1.82) is 0 Å². The molecule has 0 aromatic carbocycles. The third-order valence-corrected chi connectivity index (χ3v) is 1.58. The zero-order valence-corrected chi connectivity index (χ0v) is 6.92. The van der Waals surface area contributed by atoms with E-state index in [1.54, 1.807) is 7.11 Å². The van der Waals surface area contributed by atoms with Crippen LogP contribution in [0.2, 0.25) is 0 Å². The molecule has 0 unspecified atom stereocenters. The number of likely N-dealkylation sites (N-methyl/N-ethyl adjacent to an activating group) is 1. The van der Waals surface area contributed by atoms with E-state index in [-0.39, 0.29) is 0 Å². The number of methoxy groups -OCH3 is 1. The van der Waals surface area contributed by atoms with E-state index in [9.17, 15) is 0 Å². The van der Waals surface area contributed by atoms with Gasteiger partial charge >= 0.3 is 0 Å². The van der Waals surface area contributed by atoms with Gasteiger partial charge in [-0.1, -0.05) is 12.2 Å². The van der Waals surface area contributed by atoms with Crippen LogP contribution in [0.1, 0.15) is 6.42 Å². The molecule has 1 aliphatic rings. The molecular weight excluding hydrogens is 138 g/mol. The molecular formula is C9H13NO. The third-order valence-electron chi connectivity index (χ3n) is 1.58. The highest BCUT2D eigenvalue weighted by Crippen LogP contribution is 2.08. The molecule has 0 fully saturated rings. The summed E-state index contributed by atoms with van der Waals surface area (Å²) in [5, 5.41) is 3.07. The first-order chi connectivity index (χ1) is 5.36. The molecule has 60 valence electrons. The van der Waals surface area contributed by atoms with E-state index in [0.717, 1.165) is 17.9 Å². The smallest absolute Gasteiger partial charge is 0.120 e. The van der Waals surface area contributed by atoms with Gasteiger partial charge in [0.15, 0.2) is 0 Å². The van der Waals surface area contributed by atoms with Crippen LogP contribution in [0, 0.1) is 0 Å². The minimum absolute atomic E-state index is 0.892. The summed E-state index contributed by atoms with van der Waals surface area (Å²) >= 11 is 0. The summed E-state index contributed by atoms with van der Waals surface area (Å²) < 4.78 is 5.10. The lowest BCUT2D eigenvalue weighted by Gasteiger charge is -2.01. The topological polar surface area (TPSA) is 21.3 Å². The largest absolute Gasteiger partial charge is 0.497 e. The Bertz CT molecular complexity index is 214. The first kappa shape index (κ1) is 7.92. The van der Waals surface area contributed by atoms with Gasteiger partial charge in [-0.3, -0.25) is 0 Å². The highest BCUT2D eigenvalue weighted by Gasteiger charge is 1.95. The molecule has 0 bridgehead atoms. The van der Waals surface area contributed by atoms with Crippen molar-refractivity contribution in [2.45, 2.75) is 6.42 Å². The van der Waals surface area contributed by atoms with E-state index in [1.807, 2.05) is 19.2 Å². The maximum absolute atomic E-state index is 5.10. The van der Waals surface area contributed by atoms with E-state index in [4.69, 9.17) is 4.74 Å². The van der Waals surface area contributed by atoms with Crippen molar-refractivity contribution in [3.8, 4) is 0 Å². The number of ether oxygens (including phenoxy) is 1. The molecule has 0 saturated heterocycles. The predicted molar refractivity (Wildman–Crippen MR) is 46.0 cm³/mol. The van der Waals surface area contributed by atoms with Crippen LogP contribution in [-0.4, -0.2) is 14.2 Å². The normalized spacial score (nSPS) is 16.5. The molecule has 2 nitrogen and oxygen atoms in total. The van der Waals surface area contributed by atoms with Crippen molar-refractivity contribution in [2.24, 2.45) is 0 Å². The fourth-order valence-corrected chi connectivity index (χ4v) is 0.941. The van der Waals surface area contributed by atoms with Gasteiger partial charge in [-0.05, 0) is 12.5 Å². The second-order valence-corrected chi connectivity index (χ2v) is 2.30. The van der Waals surface area contributed by atoms with Crippen LogP contribution in [0.3, 0.4) is 0 Å². The van der Waals surface area contributed by atoms with Gasteiger partial charge in [0.05, 0.1) is 7.11 Å². The van der Waals surface area contributed by atoms with Gasteiger partial charge in [-0.2, -0.15) is 0 Å². The fourth-order valence-electron chi connectivity index (χ4n) is 0.941. The highest BCUT2D eigenvalue weighted by atomic mass is 16.5. The van der Waals surface area contributed by atoms with Crippen molar-refractivity contribution in [1.82, 2.24) is 5.32 Å². The summed E-state index contributed by atoms with van der Waals surface area (Å²) in [4.78, 5) is 0. The molecule has 0 atom stereocenters. The van der Waals surface area contributed by atoms with Gasteiger partial charge in [0.1, 0.15) is 5.76 Å². The Labute approximate surface area is 67.2 Å². The summed E-state index contributed by atoms with van der Waals surface area (Å²) in [6, 6.07) is 0. The Morgan fingerprint density at radius 3 is 3.00 bits per heavy atom. The summed E-state index contributed by atoms with van der Waals surface area (Å²) in [6.07, 6.45) is 9.09. The summed E-state index contributed by atoms with van der Waals surface area (Å²) in [7, 11) is 3.58. The molecule has 11 heavy (non-hydrogen) atoms. The Balaban J connectivity index is 2.77. The van der Waals surface area contributed by atoms with Crippen molar-refractivity contribution >= 4 is 0 Å². The average Bonchev–Trinajstić information content (AvgIpc) is 2.28. The van der Waals surface area contributed by atoms with Crippen molar-refractivity contribution in [3.05, 3.63) is 35.8 Å². The minimum Gasteiger partial charge on any atom is -0.497 e. The average molecular weight is 151 g/mol. The third kappa shape index (κ3) is 2.15. The molecule has 0 saturated carbocycles. The molecule has 0 aliphatic heterocycles. The van der Waals surface area contributed by atoms with Gasteiger partial charge in [0.25, 0.3) is 0 Å². The zero-order chi connectivity index (χ0) is 8.10. The Morgan fingerprint density at radius 1 is 1.55 bits per heavy atom. The number of rotatable bonds is 2. The van der Waals surface area contributed by atoms with Gasteiger partial charge in [0, 0.05) is 18.8 Å². The van der Waals surface area contributed by atoms with Crippen molar-refractivity contribution < 1.29 is 4.74 Å². The molecule has 1 N–H and O–H groups in total. The van der Waals surface area contributed by atoms with Crippen LogP contribution in [0.4, 0.5) is 0 Å². The molecule has 0 aromatic rings. The summed E-state index contributed by atoms with van der Waals surface area (Å²) in [5.74, 6) is 0.892. The van der Waals surface area contributed by atoms with E-state index < -0.39 is 0 Å². The van der Waals surface area contributed by atoms with Crippen LogP contribution in [0.5, 0.6) is 0 Å². The molecule has 2 heteroatoms. The Morgan fingerprint density at radius 2 is 2.36 bits per heavy atom. The molecule has 1 rings (SSSR count). The van der Waals surface area contributed by atoms with Gasteiger partial charge in [-0.25, -0.2) is 0 Å². The first-order valence-electron chi connectivity index (χ1n) is 3.67. The quantitative estimate of drug-likeness (QED) is 0.647. The van der Waals surface area contributed by atoms with Gasteiger partial charge < -0.3 is 10.1 Å². The monoisotopic (exact) mass is 151 g/mol. The number of allylic oxidation sites excluding steroid dienone is 4. The lowest BCUT2D eigenvalue weighted by molar-refractivity contribution is 0.306.